The summed E-state index contributed by atoms with van der Waals surface area (Å²) >= 11 is 11.9. The summed E-state index contributed by atoms with van der Waals surface area (Å²) in [4.78, 5) is 17.8. The van der Waals surface area contributed by atoms with Crippen LogP contribution in [0.25, 0.3) is 10.9 Å². The summed E-state index contributed by atoms with van der Waals surface area (Å²) in [7, 11) is 1.63. The number of hydrogen-bond acceptors (Lipinski definition) is 4. The van der Waals surface area contributed by atoms with E-state index in [9.17, 15) is 4.79 Å². The number of fused-ring (bicyclic) bond motifs is 1. The topological polar surface area (TPSA) is 66.6 Å². The van der Waals surface area contributed by atoms with Crippen molar-refractivity contribution in [1.29, 1.82) is 0 Å². The number of halogens is 1. The van der Waals surface area contributed by atoms with Crippen LogP contribution in [0.2, 0.25) is 5.02 Å². The van der Waals surface area contributed by atoms with E-state index in [1.54, 1.807) is 19.2 Å². The number of benzene rings is 3. The van der Waals surface area contributed by atoms with Gasteiger partial charge in [0.2, 0.25) is 0 Å². The predicted octanol–water partition coefficient (Wildman–Crippen LogP) is 5.99. The van der Waals surface area contributed by atoms with Gasteiger partial charge in [0.25, 0.3) is 5.56 Å². The summed E-state index contributed by atoms with van der Waals surface area (Å²) in [5.74, 6) is 1.53. The van der Waals surface area contributed by atoms with Crippen molar-refractivity contribution in [2.24, 2.45) is 0 Å². The van der Waals surface area contributed by atoms with Crippen molar-refractivity contribution in [2.45, 2.75) is 20.0 Å². The van der Waals surface area contributed by atoms with E-state index in [2.05, 4.69) is 10.3 Å². The largest absolute Gasteiger partial charge is 0.497 e. The molecule has 4 rings (SSSR count). The molecular formula is C27H26ClN3O3S. The van der Waals surface area contributed by atoms with Crippen molar-refractivity contribution in [3.8, 4) is 11.5 Å². The fourth-order valence-corrected chi connectivity index (χ4v) is 4.17. The van der Waals surface area contributed by atoms with Crippen molar-refractivity contribution in [3.05, 3.63) is 99.3 Å². The zero-order chi connectivity index (χ0) is 24.8. The highest BCUT2D eigenvalue weighted by molar-refractivity contribution is 7.80. The number of pyridine rings is 1. The minimum Gasteiger partial charge on any atom is -0.497 e. The summed E-state index contributed by atoms with van der Waals surface area (Å²) in [5, 5.41) is 5.22. The molecule has 0 fully saturated rings. The maximum absolute atomic E-state index is 12.9. The van der Waals surface area contributed by atoms with Gasteiger partial charge in [0.1, 0.15) is 11.5 Å². The quantitative estimate of drug-likeness (QED) is 0.286. The summed E-state index contributed by atoms with van der Waals surface area (Å²) < 4.78 is 10.9. The highest BCUT2D eigenvalue weighted by Gasteiger charge is 2.15. The van der Waals surface area contributed by atoms with Crippen LogP contribution in [-0.2, 0) is 13.1 Å². The van der Waals surface area contributed by atoms with E-state index in [1.165, 1.54) is 0 Å². The standard InChI is InChI=1S/C27H26ClN3O3S/c1-3-34-24-11-12-25-19(14-24)13-20(26(32)30-25)17-31(16-18-7-9-23(33-2)10-8-18)27(35)29-22-6-4-5-21(28)15-22/h4-15H,3,16-17H2,1-2H3,(H,29,35)(H,30,32). The molecule has 180 valence electrons. The summed E-state index contributed by atoms with van der Waals surface area (Å²) in [5.41, 5.74) is 2.98. The first-order valence-electron chi connectivity index (χ1n) is 11.2. The molecule has 0 aliphatic carbocycles. The van der Waals surface area contributed by atoms with Crippen LogP contribution in [0.4, 0.5) is 5.69 Å². The number of aromatic nitrogens is 1. The lowest BCUT2D eigenvalue weighted by Gasteiger charge is -2.26. The maximum atomic E-state index is 12.9. The van der Waals surface area contributed by atoms with E-state index in [0.717, 1.165) is 33.7 Å². The molecule has 1 aromatic heterocycles. The minimum absolute atomic E-state index is 0.160. The predicted molar refractivity (Wildman–Crippen MR) is 146 cm³/mol. The molecule has 0 bridgehead atoms. The monoisotopic (exact) mass is 507 g/mol. The van der Waals surface area contributed by atoms with Gasteiger partial charge < -0.3 is 24.7 Å². The Hall–Kier alpha value is -3.55. The number of nitrogens with zero attached hydrogens (tertiary/aromatic N) is 1. The van der Waals surface area contributed by atoms with Crippen LogP contribution in [0.3, 0.4) is 0 Å². The van der Waals surface area contributed by atoms with Crippen LogP contribution in [0.5, 0.6) is 11.5 Å². The third-order valence-electron chi connectivity index (χ3n) is 5.46. The minimum atomic E-state index is -0.160. The summed E-state index contributed by atoms with van der Waals surface area (Å²) in [6.45, 7) is 3.31. The van der Waals surface area contributed by atoms with Gasteiger partial charge in [-0.25, -0.2) is 0 Å². The van der Waals surface area contributed by atoms with Crippen LogP contribution in [0, 0.1) is 0 Å². The first-order chi connectivity index (χ1) is 16.9. The number of H-pyrrole nitrogens is 1. The lowest BCUT2D eigenvalue weighted by molar-refractivity contribution is 0.340. The Bertz CT molecular complexity index is 1390. The molecule has 0 amide bonds. The molecule has 8 heteroatoms. The number of methoxy groups -OCH3 is 1. The SMILES string of the molecule is CCOc1ccc2[nH]c(=O)c(CN(Cc3ccc(OC)cc3)C(=S)Nc3cccc(Cl)c3)cc2c1. The van der Waals surface area contributed by atoms with Crippen LogP contribution < -0.4 is 20.3 Å². The van der Waals surface area contributed by atoms with E-state index >= 15 is 0 Å². The van der Waals surface area contributed by atoms with Crippen LogP contribution in [0.15, 0.2) is 77.6 Å². The molecule has 0 aliphatic rings. The lowest BCUT2D eigenvalue weighted by Crippen LogP contribution is -2.35. The van der Waals surface area contributed by atoms with Gasteiger partial charge in [0.15, 0.2) is 5.11 Å². The molecule has 0 unspecified atom stereocenters. The lowest BCUT2D eigenvalue weighted by atomic mass is 10.1. The molecule has 35 heavy (non-hydrogen) atoms. The Labute approximate surface area is 214 Å². The van der Waals surface area contributed by atoms with E-state index in [0.29, 0.717) is 35.4 Å². The van der Waals surface area contributed by atoms with Crippen LogP contribution >= 0.6 is 23.8 Å². The Balaban J connectivity index is 1.65. The van der Waals surface area contributed by atoms with Gasteiger partial charge in [-0.1, -0.05) is 29.8 Å². The van der Waals surface area contributed by atoms with Gasteiger partial charge in [0.05, 0.1) is 20.3 Å². The Morgan fingerprint density at radius 3 is 2.51 bits per heavy atom. The number of ether oxygens (including phenoxy) is 2. The highest BCUT2D eigenvalue weighted by atomic mass is 35.5. The number of thiocarbonyl (C=S) groups is 1. The first-order valence-corrected chi connectivity index (χ1v) is 12.0. The van der Waals surface area contributed by atoms with Gasteiger partial charge in [-0.15, -0.1) is 0 Å². The summed E-state index contributed by atoms with van der Waals surface area (Å²) in [6.07, 6.45) is 0. The summed E-state index contributed by atoms with van der Waals surface area (Å²) in [6, 6.07) is 22.6. The van der Waals surface area contributed by atoms with Crippen LogP contribution in [0.1, 0.15) is 18.1 Å². The number of nitrogens with one attached hydrogen (secondary N) is 2. The van der Waals surface area contributed by atoms with Crippen molar-refractivity contribution in [3.63, 3.8) is 0 Å². The normalized spacial score (nSPS) is 10.7. The number of rotatable bonds is 8. The van der Waals surface area contributed by atoms with Gasteiger partial charge in [-0.3, -0.25) is 4.79 Å². The maximum Gasteiger partial charge on any atom is 0.253 e. The zero-order valence-electron chi connectivity index (χ0n) is 19.5. The van der Waals surface area contributed by atoms with Gasteiger partial charge >= 0.3 is 0 Å². The van der Waals surface area contributed by atoms with E-state index in [1.807, 2.05) is 72.5 Å². The van der Waals surface area contributed by atoms with Crippen LogP contribution in [-0.4, -0.2) is 28.7 Å². The Kier molecular flexibility index (Phi) is 7.90. The third-order valence-corrected chi connectivity index (χ3v) is 6.06. The Morgan fingerprint density at radius 2 is 1.80 bits per heavy atom. The van der Waals surface area contributed by atoms with Gasteiger partial charge in [-0.2, -0.15) is 0 Å². The fraction of sp³-hybridized carbons (Fsp3) is 0.185. The molecule has 0 saturated carbocycles. The first kappa shape index (κ1) is 24.6. The van der Waals surface area contributed by atoms with E-state index in [-0.39, 0.29) is 5.56 Å². The number of hydrogen-bond donors (Lipinski definition) is 2. The molecule has 6 nitrogen and oxygen atoms in total. The van der Waals surface area contributed by atoms with Gasteiger partial charge in [0, 0.05) is 33.7 Å². The van der Waals surface area contributed by atoms with Crippen molar-refractivity contribution in [2.75, 3.05) is 19.0 Å². The fourth-order valence-electron chi connectivity index (χ4n) is 3.73. The average Bonchev–Trinajstić information content (AvgIpc) is 2.85. The second-order valence-corrected chi connectivity index (χ2v) is 8.77. The molecular weight excluding hydrogens is 482 g/mol. The average molecular weight is 508 g/mol. The van der Waals surface area contributed by atoms with Gasteiger partial charge in [-0.05, 0) is 79.3 Å². The second kappa shape index (κ2) is 11.3. The number of aromatic amines is 1. The third kappa shape index (κ3) is 6.32. The van der Waals surface area contributed by atoms with Crippen molar-refractivity contribution >= 4 is 45.5 Å². The smallest absolute Gasteiger partial charge is 0.253 e. The molecule has 0 saturated heterocycles. The van der Waals surface area contributed by atoms with E-state index in [4.69, 9.17) is 33.3 Å². The number of anilines is 1. The zero-order valence-corrected chi connectivity index (χ0v) is 21.1. The molecule has 0 aliphatic heterocycles. The second-order valence-electron chi connectivity index (χ2n) is 7.95. The Morgan fingerprint density at radius 1 is 1.03 bits per heavy atom. The molecule has 0 spiro atoms. The molecule has 2 N–H and O–H groups in total. The molecule has 0 radical (unpaired) electrons. The molecule has 4 aromatic rings. The molecule has 0 atom stereocenters. The van der Waals surface area contributed by atoms with Crippen molar-refractivity contribution < 1.29 is 9.47 Å². The molecule has 3 aromatic carbocycles. The molecule has 1 heterocycles. The van der Waals surface area contributed by atoms with E-state index < -0.39 is 0 Å². The highest BCUT2D eigenvalue weighted by Crippen LogP contribution is 2.21. The van der Waals surface area contributed by atoms with Crippen molar-refractivity contribution in [1.82, 2.24) is 9.88 Å².